The van der Waals surface area contributed by atoms with Gasteiger partial charge < -0.3 is 4.57 Å². The van der Waals surface area contributed by atoms with Gasteiger partial charge in [-0.3, -0.25) is 0 Å². The Kier molecular flexibility index (Phi) is 4.22. The van der Waals surface area contributed by atoms with E-state index < -0.39 is 0 Å². The standard InChI is InChI=1S/C15H14BrClN4/c1-10-18-7-5-12(19-10)9-21-14-8-11(16)2-3-13(14)20-15(21)4-6-17/h2-3,5,7-8H,4,6,9H2,1H3. The molecule has 2 aromatic heterocycles. The number of alkyl halides is 1. The van der Waals surface area contributed by atoms with E-state index in [4.69, 9.17) is 11.6 Å². The molecule has 0 bridgehead atoms. The van der Waals surface area contributed by atoms with E-state index in [9.17, 15) is 0 Å². The third kappa shape index (κ3) is 3.09. The van der Waals surface area contributed by atoms with Gasteiger partial charge in [0.2, 0.25) is 0 Å². The Labute approximate surface area is 136 Å². The van der Waals surface area contributed by atoms with Gasteiger partial charge in [-0.15, -0.1) is 11.6 Å². The van der Waals surface area contributed by atoms with Gasteiger partial charge in [-0.1, -0.05) is 15.9 Å². The van der Waals surface area contributed by atoms with Crippen LogP contribution >= 0.6 is 27.5 Å². The number of nitrogens with zero attached hydrogens (tertiary/aromatic N) is 4. The van der Waals surface area contributed by atoms with Crippen molar-refractivity contribution in [2.45, 2.75) is 19.9 Å². The van der Waals surface area contributed by atoms with Crippen LogP contribution in [0.25, 0.3) is 11.0 Å². The van der Waals surface area contributed by atoms with Crippen LogP contribution in [0.4, 0.5) is 0 Å². The molecular weight excluding hydrogens is 352 g/mol. The first-order valence-corrected chi connectivity index (χ1v) is 7.99. The zero-order chi connectivity index (χ0) is 14.8. The molecule has 108 valence electrons. The van der Waals surface area contributed by atoms with Gasteiger partial charge in [0.15, 0.2) is 0 Å². The van der Waals surface area contributed by atoms with Gasteiger partial charge in [0, 0.05) is 23.0 Å². The lowest BCUT2D eigenvalue weighted by Gasteiger charge is -2.08. The fourth-order valence-corrected chi connectivity index (χ4v) is 2.87. The Morgan fingerprint density at radius 2 is 2.10 bits per heavy atom. The molecule has 6 heteroatoms. The third-order valence-corrected chi connectivity index (χ3v) is 3.94. The molecule has 0 unspecified atom stereocenters. The van der Waals surface area contributed by atoms with E-state index in [0.29, 0.717) is 12.4 Å². The van der Waals surface area contributed by atoms with Crippen LogP contribution < -0.4 is 0 Å². The number of fused-ring (bicyclic) bond motifs is 1. The molecule has 21 heavy (non-hydrogen) atoms. The first kappa shape index (κ1) is 14.5. The number of benzene rings is 1. The maximum absolute atomic E-state index is 5.91. The SMILES string of the molecule is Cc1nccc(Cn2c(CCCl)nc3ccc(Br)cc32)n1. The molecule has 3 rings (SSSR count). The van der Waals surface area contributed by atoms with Crippen molar-refractivity contribution in [3.8, 4) is 0 Å². The summed E-state index contributed by atoms with van der Waals surface area (Å²) in [7, 11) is 0. The number of hydrogen-bond acceptors (Lipinski definition) is 3. The molecule has 0 saturated carbocycles. The Bertz CT molecular complexity index is 784. The summed E-state index contributed by atoms with van der Waals surface area (Å²) in [4.78, 5) is 13.3. The van der Waals surface area contributed by atoms with E-state index in [2.05, 4.69) is 41.5 Å². The zero-order valence-electron chi connectivity index (χ0n) is 11.6. The quantitative estimate of drug-likeness (QED) is 0.662. The van der Waals surface area contributed by atoms with Crippen molar-refractivity contribution < 1.29 is 0 Å². The van der Waals surface area contributed by atoms with Crippen LogP contribution in [0.15, 0.2) is 34.9 Å². The van der Waals surface area contributed by atoms with Gasteiger partial charge in [0.1, 0.15) is 11.6 Å². The molecule has 0 aliphatic rings. The molecule has 0 aliphatic heterocycles. The van der Waals surface area contributed by atoms with Gasteiger partial charge in [-0.25, -0.2) is 15.0 Å². The molecule has 0 saturated heterocycles. The third-order valence-electron chi connectivity index (χ3n) is 3.26. The molecule has 0 fully saturated rings. The monoisotopic (exact) mass is 364 g/mol. The van der Waals surface area contributed by atoms with Crippen molar-refractivity contribution >= 4 is 38.6 Å². The molecule has 4 nitrogen and oxygen atoms in total. The van der Waals surface area contributed by atoms with E-state index in [0.717, 1.165) is 39.3 Å². The Hall–Kier alpha value is -1.46. The number of rotatable bonds is 4. The first-order valence-electron chi connectivity index (χ1n) is 6.66. The van der Waals surface area contributed by atoms with Gasteiger partial charge in [-0.2, -0.15) is 0 Å². The fourth-order valence-electron chi connectivity index (χ4n) is 2.35. The second-order valence-corrected chi connectivity index (χ2v) is 6.08. The van der Waals surface area contributed by atoms with E-state index >= 15 is 0 Å². The fraction of sp³-hybridized carbons (Fsp3) is 0.267. The number of aryl methyl sites for hydroxylation is 2. The molecular formula is C15H14BrClN4. The lowest BCUT2D eigenvalue weighted by atomic mass is 10.3. The van der Waals surface area contributed by atoms with E-state index in [1.165, 1.54) is 0 Å². The zero-order valence-corrected chi connectivity index (χ0v) is 13.9. The van der Waals surface area contributed by atoms with Gasteiger partial charge >= 0.3 is 0 Å². The largest absolute Gasteiger partial charge is 0.322 e. The predicted octanol–water partition coefficient (Wildman–Crippen LogP) is 3.73. The second kappa shape index (κ2) is 6.12. The lowest BCUT2D eigenvalue weighted by molar-refractivity contribution is 0.730. The number of aromatic nitrogens is 4. The van der Waals surface area contributed by atoms with Crippen molar-refractivity contribution in [2.24, 2.45) is 0 Å². The highest BCUT2D eigenvalue weighted by atomic mass is 79.9. The average Bonchev–Trinajstić information content (AvgIpc) is 2.77. The Morgan fingerprint density at radius 1 is 1.24 bits per heavy atom. The number of halogens is 2. The molecule has 0 N–H and O–H groups in total. The van der Waals surface area contributed by atoms with Crippen molar-refractivity contribution in [1.82, 2.24) is 19.5 Å². The van der Waals surface area contributed by atoms with Crippen molar-refractivity contribution in [1.29, 1.82) is 0 Å². The molecule has 2 heterocycles. The molecule has 0 spiro atoms. The minimum atomic E-state index is 0.549. The molecule has 1 aromatic carbocycles. The van der Waals surface area contributed by atoms with Crippen LogP contribution in [-0.2, 0) is 13.0 Å². The lowest BCUT2D eigenvalue weighted by Crippen LogP contribution is -2.08. The minimum absolute atomic E-state index is 0.549. The summed E-state index contributed by atoms with van der Waals surface area (Å²) in [5.41, 5.74) is 3.03. The second-order valence-electron chi connectivity index (χ2n) is 4.78. The number of imidazole rings is 1. The molecule has 0 radical (unpaired) electrons. The van der Waals surface area contributed by atoms with E-state index in [1.807, 2.05) is 25.1 Å². The van der Waals surface area contributed by atoms with Crippen molar-refractivity contribution in [2.75, 3.05) is 5.88 Å². The van der Waals surface area contributed by atoms with Gasteiger partial charge in [0.25, 0.3) is 0 Å². The molecule has 0 atom stereocenters. The van der Waals surface area contributed by atoms with Crippen LogP contribution in [-0.4, -0.2) is 25.4 Å². The highest BCUT2D eigenvalue weighted by Crippen LogP contribution is 2.22. The highest BCUT2D eigenvalue weighted by molar-refractivity contribution is 9.10. The minimum Gasteiger partial charge on any atom is -0.322 e. The van der Waals surface area contributed by atoms with E-state index in [1.54, 1.807) is 6.20 Å². The highest BCUT2D eigenvalue weighted by Gasteiger charge is 2.12. The molecule has 0 aliphatic carbocycles. The normalized spacial score (nSPS) is 11.2. The smallest absolute Gasteiger partial charge is 0.125 e. The van der Waals surface area contributed by atoms with Crippen LogP contribution in [0.2, 0.25) is 0 Å². The maximum atomic E-state index is 5.91. The summed E-state index contributed by atoms with van der Waals surface area (Å²) in [6.07, 6.45) is 2.52. The van der Waals surface area contributed by atoms with E-state index in [-0.39, 0.29) is 0 Å². The summed E-state index contributed by atoms with van der Waals surface area (Å²) in [6.45, 7) is 2.56. The summed E-state index contributed by atoms with van der Waals surface area (Å²) >= 11 is 9.43. The van der Waals surface area contributed by atoms with Crippen molar-refractivity contribution in [3.63, 3.8) is 0 Å². The Morgan fingerprint density at radius 3 is 2.86 bits per heavy atom. The number of hydrogen-bond donors (Lipinski definition) is 0. The first-order chi connectivity index (χ1) is 10.2. The summed E-state index contributed by atoms with van der Waals surface area (Å²) in [5, 5.41) is 0. The molecule has 3 aromatic rings. The predicted molar refractivity (Wildman–Crippen MR) is 87.7 cm³/mol. The van der Waals surface area contributed by atoms with Crippen LogP contribution in [0, 0.1) is 6.92 Å². The summed E-state index contributed by atoms with van der Waals surface area (Å²) < 4.78 is 3.21. The van der Waals surface area contributed by atoms with Crippen LogP contribution in [0.1, 0.15) is 17.3 Å². The van der Waals surface area contributed by atoms with Crippen LogP contribution in [0.5, 0.6) is 0 Å². The van der Waals surface area contributed by atoms with Gasteiger partial charge in [-0.05, 0) is 31.2 Å². The van der Waals surface area contributed by atoms with Crippen LogP contribution in [0.3, 0.4) is 0 Å². The maximum Gasteiger partial charge on any atom is 0.125 e. The summed E-state index contributed by atoms with van der Waals surface area (Å²) in [6, 6.07) is 8.02. The van der Waals surface area contributed by atoms with Gasteiger partial charge in [0.05, 0.1) is 23.3 Å². The Balaban J connectivity index is 2.10. The summed E-state index contributed by atoms with van der Waals surface area (Å²) in [5.74, 6) is 2.30. The average molecular weight is 366 g/mol. The van der Waals surface area contributed by atoms with Crippen molar-refractivity contribution in [3.05, 3.63) is 52.3 Å². The molecule has 0 amide bonds. The topological polar surface area (TPSA) is 43.6 Å².